The summed E-state index contributed by atoms with van der Waals surface area (Å²) in [6, 6.07) is 15.0. The van der Waals surface area contributed by atoms with Crippen LogP contribution < -0.4 is 20.6 Å². The zero-order valence-corrected chi connectivity index (χ0v) is 23.5. The summed E-state index contributed by atoms with van der Waals surface area (Å²) < 4.78 is 16.9. The molecule has 2 aromatic heterocycles. The summed E-state index contributed by atoms with van der Waals surface area (Å²) in [6.45, 7) is 1.69. The van der Waals surface area contributed by atoms with Gasteiger partial charge in [-0.05, 0) is 53.1 Å². The van der Waals surface area contributed by atoms with Crippen molar-refractivity contribution in [1.82, 2.24) is 30.7 Å². The van der Waals surface area contributed by atoms with Crippen LogP contribution in [0, 0.1) is 27.2 Å². The number of hydrazone groups is 1. The molecule has 18 nitrogen and oxygen atoms in total. The molecule has 0 bridgehead atoms. The molecule has 0 aliphatic rings. The number of amides is 1. The normalized spacial score (nSPS) is 11.0. The fourth-order valence-electron chi connectivity index (χ4n) is 4.24. The maximum atomic E-state index is 13.2. The molecule has 0 atom stereocenters. The average Bonchev–Trinajstić information content (AvgIpc) is 3.66. The zero-order chi connectivity index (χ0) is 32.1. The van der Waals surface area contributed by atoms with Gasteiger partial charge in [0.15, 0.2) is 5.69 Å². The summed E-state index contributed by atoms with van der Waals surface area (Å²) in [5.74, 6) is -0.0699. The molecule has 5 aromatic rings. The Labute approximate surface area is 252 Å². The number of nitrogens with one attached hydrogen (secondary N) is 1. The van der Waals surface area contributed by atoms with Crippen molar-refractivity contribution in [2.75, 3.05) is 12.8 Å². The number of nitrogen functional groups attached to an aromatic ring is 1. The molecule has 0 aliphatic carbocycles. The van der Waals surface area contributed by atoms with Crippen molar-refractivity contribution >= 4 is 29.3 Å². The molecule has 0 unspecified atom stereocenters. The SMILES string of the molecule is COc1ccc(/C=N\NC(=O)c2nnn(-c3nonc3N)c2-c2cccc([N+](=O)[O-])c2)cc1COc1ccc([N+](=O)[O-])c(C)c1. The average molecular weight is 615 g/mol. The van der Waals surface area contributed by atoms with E-state index in [2.05, 4.69) is 35.8 Å². The van der Waals surface area contributed by atoms with Crippen molar-refractivity contribution in [2.24, 2.45) is 5.10 Å². The fraction of sp³-hybridized carbons (Fsp3) is 0.111. The largest absolute Gasteiger partial charge is 0.496 e. The number of ether oxygens (including phenoxy) is 2. The van der Waals surface area contributed by atoms with E-state index in [0.717, 1.165) is 4.68 Å². The molecular weight excluding hydrogens is 592 g/mol. The molecule has 0 saturated heterocycles. The maximum absolute atomic E-state index is 13.2. The van der Waals surface area contributed by atoms with Gasteiger partial charge in [-0.2, -0.15) is 9.78 Å². The lowest BCUT2D eigenvalue weighted by Gasteiger charge is -2.11. The monoisotopic (exact) mass is 614 g/mol. The number of benzene rings is 3. The third kappa shape index (κ3) is 6.38. The lowest BCUT2D eigenvalue weighted by atomic mass is 10.1. The highest BCUT2D eigenvalue weighted by Crippen LogP contribution is 2.29. The van der Waals surface area contributed by atoms with E-state index in [1.807, 2.05) is 0 Å². The number of aromatic nitrogens is 5. The first-order valence-corrected chi connectivity index (χ1v) is 12.8. The highest BCUT2D eigenvalue weighted by molar-refractivity contribution is 5.99. The predicted molar refractivity (Wildman–Crippen MR) is 156 cm³/mol. The number of anilines is 1. The molecular formula is C27H22N10O8. The molecule has 0 spiro atoms. The van der Waals surface area contributed by atoms with E-state index in [4.69, 9.17) is 15.2 Å². The van der Waals surface area contributed by atoms with E-state index >= 15 is 0 Å². The Hall–Kier alpha value is -6.72. The van der Waals surface area contributed by atoms with Crippen LogP contribution >= 0.6 is 0 Å². The molecule has 3 N–H and O–H groups in total. The van der Waals surface area contributed by atoms with Gasteiger partial charge in [-0.1, -0.05) is 17.3 Å². The number of methoxy groups -OCH3 is 1. The number of non-ortho nitro benzene ring substituents is 1. The van der Waals surface area contributed by atoms with E-state index in [-0.39, 0.29) is 46.6 Å². The van der Waals surface area contributed by atoms with Crippen LogP contribution in [-0.2, 0) is 6.61 Å². The second-order valence-electron chi connectivity index (χ2n) is 9.24. The van der Waals surface area contributed by atoms with Crippen LogP contribution in [0.15, 0.2) is 70.4 Å². The fourth-order valence-corrected chi connectivity index (χ4v) is 4.24. The van der Waals surface area contributed by atoms with Crippen LogP contribution in [0.1, 0.15) is 27.2 Å². The topological polar surface area (TPSA) is 242 Å². The van der Waals surface area contributed by atoms with E-state index in [1.54, 1.807) is 31.2 Å². The first kappa shape index (κ1) is 29.8. The van der Waals surface area contributed by atoms with Gasteiger partial charge >= 0.3 is 0 Å². The number of nitro benzene ring substituents is 2. The van der Waals surface area contributed by atoms with Crippen molar-refractivity contribution < 1.29 is 28.7 Å². The van der Waals surface area contributed by atoms with Gasteiger partial charge in [-0.15, -0.1) is 5.10 Å². The number of hydrogen-bond donors (Lipinski definition) is 2. The summed E-state index contributed by atoms with van der Waals surface area (Å²) in [5.41, 5.74) is 9.59. The minimum absolute atomic E-state index is 0.0146. The Morgan fingerprint density at radius 1 is 1.11 bits per heavy atom. The lowest BCUT2D eigenvalue weighted by molar-refractivity contribution is -0.385. The molecule has 0 aliphatic heterocycles. The minimum atomic E-state index is -0.792. The van der Waals surface area contributed by atoms with Crippen LogP contribution in [0.3, 0.4) is 0 Å². The third-order valence-electron chi connectivity index (χ3n) is 6.36. The highest BCUT2D eigenvalue weighted by atomic mass is 16.6. The molecule has 0 radical (unpaired) electrons. The first-order valence-electron chi connectivity index (χ1n) is 12.8. The predicted octanol–water partition coefficient (Wildman–Crippen LogP) is 3.38. The Morgan fingerprint density at radius 2 is 1.93 bits per heavy atom. The van der Waals surface area contributed by atoms with Crippen LogP contribution in [0.4, 0.5) is 17.2 Å². The van der Waals surface area contributed by atoms with Gasteiger partial charge in [-0.25, -0.2) is 10.1 Å². The molecule has 0 fully saturated rings. The molecule has 2 heterocycles. The Balaban J connectivity index is 1.36. The number of nitrogens with two attached hydrogens (primary N) is 1. The Morgan fingerprint density at radius 3 is 2.62 bits per heavy atom. The smallest absolute Gasteiger partial charge is 0.294 e. The summed E-state index contributed by atoms with van der Waals surface area (Å²) in [6.07, 6.45) is 1.37. The van der Waals surface area contributed by atoms with E-state index in [1.165, 1.54) is 49.7 Å². The molecule has 3 aromatic carbocycles. The van der Waals surface area contributed by atoms with Crippen molar-refractivity contribution in [3.8, 4) is 28.6 Å². The van der Waals surface area contributed by atoms with Crippen LogP contribution in [-0.4, -0.2) is 54.4 Å². The number of nitrogens with zero attached hydrogens (tertiary/aromatic N) is 8. The Bertz CT molecular complexity index is 1950. The quantitative estimate of drug-likeness (QED) is 0.123. The zero-order valence-electron chi connectivity index (χ0n) is 23.5. The van der Waals surface area contributed by atoms with Crippen molar-refractivity contribution in [2.45, 2.75) is 13.5 Å². The van der Waals surface area contributed by atoms with Gasteiger partial charge in [0.1, 0.15) is 23.8 Å². The summed E-state index contributed by atoms with van der Waals surface area (Å²) >= 11 is 0. The van der Waals surface area contributed by atoms with Gasteiger partial charge < -0.3 is 15.2 Å². The molecule has 0 saturated carbocycles. The van der Waals surface area contributed by atoms with Crippen LogP contribution in [0.25, 0.3) is 17.1 Å². The molecule has 18 heteroatoms. The molecule has 1 amide bonds. The van der Waals surface area contributed by atoms with Crippen molar-refractivity contribution in [3.63, 3.8) is 0 Å². The van der Waals surface area contributed by atoms with Crippen molar-refractivity contribution in [3.05, 3.63) is 103 Å². The molecule has 228 valence electrons. The number of nitro groups is 2. The van der Waals surface area contributed by atoms with Crippen LogP contribution in [0.2, 0.25) is 0 Å². The summed E-state index contributed by atoms with van der Waals surface area (Å²) in [4.78, 5) is 34.6. The van der Waals surface area contributed by atoms with Gasteiger partial charge in [0.25, 0.3) is 17.3 Å². The highest BCUT2D eigenvalue weighted by Gasteiger charge is 2.26. The third-order valence-corrected chi connectivity index (χ3v) is 6.36. The minimum Gasteiger partial charge on any atom is -0.496 e. The summed E-state index contributed by atoms with van der Waals surface area (Å²) in [5, 5.41) is 41.5. The number of rotatable bonds is 11. The Kier molecular flexibility index (Phi) is 8.37. The second kappa shape index (κ2) is 12.7. The number of carbonyl (C=O) groups is 1. The number of carbonyl (C=O) groups excluding carboxylic acids is 1. The number of hydrogen-bond acceptors (Lipinski definition) is 14. The standard InChI is InChI=1S/C27H22N10O8/c1-15-10-20(7-8-21(15)37(41)42)44-14-18-11-16(6-9-22(18)43-2)13-29-31-27(38)23-24(17-4-3-5-19(12-17)36(39)40)35(34-30-23)26-25(28)32-45-33-26/h3-13H,14H2,1-2H3,(H2,28,32)(H,31,38)/b29-13-. The summed E-state index contributed by atoms with van der Waals surface area (Å²) in [7, 11) is 1.50. The second-order valence-corrected chi connectivity index (χ2v) is 9.24. The van der Waals surface area contributed by atoms with Crippen molar-refractivity contribution in [1.29, 1.82) is 0 Å². The molecule has 5 rings (SSSR count). The van der Waals surface area contributed by atoms with E-state index < -0.39 is 15.8 Å². The van der Waals surface area contributed by atoms with Gasteiger partial charge in [0.2, 0.25) is 11.6 Å². The first-order chi connectivity index (χ1) is 21.7. The van der Waals surface area contributed by atoms with E-state index in [0.29, 0.717) is 28.2 Å². The van der Waals surface area contributed by atoms with E-state index in [9.17, 15) is 25.0 Å². The molecule has 45 heavy (non-hydrogen) atoms. The lowest BCUT2D eigenvalue weighted by Crippen LogP contribution is -2.19. The number of aryl methyl sites for hydroxylation is 1. The van der Waals surface area contributed by atoms with Gasteiger partial charge in [0, 0.05) is 34.9 Å². The van der Waals surface area contributed by atoms with Gasteiger partial charge in [0.05, 0.1) is 23.2 Å². The maximum Gasteiger partial charge on any atom is 0.294 e. The van der Waals surface area contributed by atoms with Crippen LogP contribution in [0.5, 0.6) is 11.5 Å². The van der Waals surface area contributed by atoms with Gasteiger partial charge in [-0.3, -0.25) is 25.0 Å².